The van der Waals surface area contributed by atoms with Crippen LogP contribution in [0.2, 0.25) is 5.02 Å². The normalized spacial score (nSPS) is 14.2. The molecule has 0 amide bonds. The van der Waals surface area contributed by atoms with Crippen LogP contribution in [-0.4, -0.2) is 35.7 Å². The van der Waals surface area contributed by atoms with E-state index in [0.29, 0.717) is 37.4 Å². The SMILES string of the molecule is O=C(O)c1cccc(OCCCN(Cc2cccc(C(F)(F)F)c2Cl)CC(C2=CCCC=C2)c2ccccc2)c1. The monoisotopic (exact) mass is 569 g/mol. The second-order valence-corrected chi connectivity index (χ2v) is 10.1. The lowest BCUT2D eigenvalue weighted by molar-refractivity contribution is -0.137. The maximum absolute atomic E-state index is 13.6. The molecule has 4 nitrogen and oxygen atoms in total. The van der Waals surface area contributed by atoms with Crippen LogP contribution in [0, 0.1) is 0 Å². The van der Waals surface area contributed by atoms with Gasteiger partial charge in [-0.2, -0.15) is 13.2 Å². The quantitative estimate of drug-likeness (QED) is 0.223. The third-order valence-corrected chi connectivity index (χ3v) is 7.26. The Hall–Kier alpha value is -3.55. The highest BCUT2D eigenvalue weighted by atomic mass is 35.5. The summed E-state index contributed by atoms with van der Waals surface area (Å²) >= 11 is 6.28. The van der Waals surface area contributed by atoms with Crippen molar-refractivity contribution in [2.75, 3.05) is 19.7 Å². The standard InChI is InChI=1S/C32H31ClF3NO3/c33-30-26(15-8-17-29(30)32(34,35)36)21-37(18-9-19-40-27-16-7-14-25(20-27)31(38)39)22-28(23-10-3-1-4-11-23)24-12-5-2-6-13-24/h1,3-5,7-8,10-17,20,28H,2,6,9,18-19,21-22H2,(H,38,39). The van der Waals surface area contributed by atoms with Crippen molar-refractivity contribution < 1.29 is 27.8 Å². The number of carboxylic acids is 1. The van der Waals surface area contributed by atoms with Gasteiger partial charge in [0.2, 0.25) is 0 Å². The molecule has 1 unspecified atom stereocenters. The minimum absolute atomic E-state index is 0.0236. The molecule has 1 N–H and O–H groups in total. The average Bonchev–Trinajstić information content (AvgIpc) is 2.95. The number of halogens is 4. The Morgan fingerprint density at radius 2 is 1.80 bits per heavy atom. The number of ether oxygens (including phenoxy) is 1. The van der Waals surface area contributed by atoms with Gasteiger partial charge in [0.1, 0.15) is 5.75 Å². The van der Waals surface area contributed by atoms with E-state index >= 15 is 0 Å². The van der Waals surface area contributed by atoms with E-state index in [1.165, 1.54) is 23.8 Å². The predicted octanol–water partition coefficient (Wildman–Crippen LogP) is 8.39. The highest BCUT2D eigenvalue weighted by Crippen LogP contribution is 2.37. The molecule has 8 heteroatoms. The Morgan fingerprint density at radius 3 is 2.50 bits per heavy atom. The Morgan fingerprint density at radius 1 is 1.02 bits per heavy atom. The maximum Gasteiger partial charge on any atom is 0.417 e. The number of allylic oxidation sites excluding steroid dienone is 3. The number of alkyl halides is 3. The van der Waals surface area contributed by atoms with Gasteiger partial charge in [-0.1, -0.05) is 78.4 Å². The maximum atomic E-state index is 13.6. The van der Waals surface area contributed by atoms with Gasteiger partial charge in [-0.25, -0.2) is 4.79 Å². The Kier molecular flexibility index (Phi) is 10.1. The highest BCUT2D eigenvalue weighted by Gasteiger charge is 2.34. The smallest absolute Gasteiger partial charge is 0.417 e. The second-order valence-electron chi connectivity index (χ2n) is 9.69. The molecule has 3 aromatic carbocycles. The van der Waals surface area contributed by atoms with E-state index in [9.17, 15) is 23.1 Å². The summed E-state index contributed by atoms with van der Waals surface area (Å²) in [4.78, 5) is 13.4. The fourth-order valence-electron chi connectivity index (χ4n) is 4.83. The number of hydrogen-bond donors (Lipinski definition) is 1. The van der Waals surface area contributed by atoms with Crippen LogP contribution in [0.1, 0.15) is 52.2 Å². The summed E-state index contributed by atoms with van der Waals surface area (Å²) in [6.07, 6.45) is 4.47. The summed E-state index contributed by atoms with van der Waals surface area (Å²) in [6, 6.07) is 20.4. The first kappa shape index (κ1) is 29.4. The number of nitrogens with zero attached hydrogens (tertiary/aromatic N) is 1. The molecule has 3 aromatic rings. The molecule has 0 aromatic heterocycles. The predicted molar refractivity (Wildman–Crippen MR) is 151 cm³/mol. The lowest BCUT2D eigenvalue weighted by Gasteiger charge is -2.30. The van der Waals surface area contributed by atoms with Gasteiger partial charge in [-0.05, 0) is 60.2 Å². The van der Waals surface area contributed by atoms with Crippen LogP contribution >= 0.6 is 11.6 Å². The molecular weight excluding hydrogens is 539 g/mol. The second kappa shape index (κ2) is 13.7. The number of carbonyl (C=O) groups is 1. The van der Waals surface area contributed by atoms with Gasteiger partial charge >= 0.3 is 12.1 Å². The lowest BCUT2D eigenvalue weighted by Crippen LogP contribution is -2.31. The summed E-state index contributed by atoms with van der Waals surface area (Å²) in [6.45, 7) is 1.65. The van der Waals surface area contributed by atoms with Crippen molar-refractivity contribution in [3.63, 3.8) is 0 Å². The number of aromatic carboxylic acids is 1. The molecule has 0 aliphatic heterocycles. The molecule has 1 atom stereocenters. The largest absolute Gasteiger partial charge is 0.494 e. The first-order chi connectivity index (χ1) is 19.2. The van der Waals surface area contributed by atoms with Crippen molar-refractivity contribution in [2.45, 2.75) is 37.9 Å². The van der Waals surface area contributed by atoms with Crippen molar-refractivity contribution in [3.05, 3.63) is 124 Å². The lowest BCUT2D eigenvalue weighted by atomic mass is 9.87. The van der Waals surface area contributed by atoms with Gasteiger partial charge in [0.05, 0.1) is 22.8 Å². The average molecular weight is 570 g/mol. The third kappa shape index (κ3) is 7.99. The Bertz CT molecular complexity index is 1360. The molecule has 1 aliphatic rings. The van der Waals surface area contributed by atoms with Crippen LogP contribution in [-0.2, 0) is 12.7 Å². The summed E-state index contributed by atoms with van der Waals surface area (Å²) in [5, 5.41) is 8.94. The molecule has 4 rings (SSSR count). The van der Waals surface area contributed by atoms with E-state index in [-0.39, 0.29) is 23.0 Å². The molecule has 0 spiro atoms. The van der Waals surface area contributed by atoms with Crippen LogP contribution < -0.4 is 4.74 Å². The van der Waals surface area contributed by atoms with Crippen molar-refractivity contribution in [1.29, 1.82) is 0 Å². The summed E-state index contributed by atoms with van der Waals surface area (Å²) in [7, 11) is 0. The van der Waals surface area contributed by atoms with Crippen molar-refractivity contribution in [1.82, 2.24) is 4.90 Å². The van der Waals surface area contributed by atoms with Gasteiger partial charge < -0.3 is 9.84 Å². The third-order valence-electron chi connectivity index (χ3n) is 6.82. The number of hydrogen-bond acceptors (Lipinski definition) is 3. The first-order valence-electron chi connectivity index (χ1n) is 13.2. The molecule has 40 heavy (non-hydrogen) atoms. The van der Waals surface area contributed by atoms with E-state index in [1.54, 1.807) is 18.2 Å². The Balaban J connectivity index is 1.55. The highest BCUT2D eigenvalue weighted by molar-refractivity contribution is 6.32. The van der Waals surface area contributed by atoms with Crippen LogP contribution in [0.5, 0.6) is 5.75 Å². The summed E-state index contributed by atoms with van der Waals surface area (Å²) < 4.78 is 46.5. The van der Waals surface area contributed by atoms with Crippen LogP contribution in [0.4, 0.5) is 13.2 Å². The van der Waals surface area contributed by atoms with Crippen molar-refractivity contribution in [3.8, 4) is 5.75 Å². The molecular formula is C32H31ClF3NO3. The van der Waals surface area contributed by atoms with Gasteiger partial charge in [-0.15, -0.1) is 0 Å². The zero-order valence-electron chi connectivity index (χ0n) is 21.9. The summed E-state index contributed by atoms with van der Waals surface area (Å²) in [5.74, 6) is -0.560. The van der Waals surface area contributed by atoms with Crippen LogP contribution in [0.25, 0.3) is 0 Å². The van der Waals surface area contributed by atoms with Crippen LogP contribution in [0.15, 0.2) is 96.6 Å². The minimum atomic E-state index is -4.54. The molecule has 0 radical (unpaired) electrons. The zero-order chi connectivity index (χ0) is 28.5. The van der Waals surface area contributed by atoms with E-state index in [0.717, 1.165) is 24.5 Å². The van der Waals surface area contributed by atoms with E-state index in [4.69, 9.17) is 16.3 Å². The fraction of sp³-hybridized carbons (Fsp3) is 0.281. The molecule has 0 saturated carbocycles. The van der Waals surface area contributed by atoms with E-state index < -0.39 is 17.7 Å². The molecule has 0 saturated heterocycles. The van der Waals surface area contributed by atoms with Crippen molar-refractivity contribution >= 4 is 17.6 Å². The zero-order valence-corrected chi connectivity index (χ0v) is 22.7. The fourth-order valence-corrected chi connectivity index (χ4v) is 5.13. The van der Waals surface area contributed by atoms with Crippen molar-refractivity contribution in [2.24, 2.45) is 0 Å². The molecule has 0 fully saturated rings. The summed E-state index contributed by atoms with van der Waals surface area (Å²) in [5.41, 5.74) is 2.01. The number of rotatable bonds is 12. The number of carboxylic acid groups (broad SMARTS) is 1. The number of benzene rings is 3. The van der Waals surface area contributed by atoms with E-state index in [2.05, 4.69) is 35.3 Å². The van der Waals surface area contributed by atoms with Gasteiger partial charge in [-0.3, -0.25) is 4.90 Å². The van der Waals surface area contributed by atoms with Gasteiger partial charge in [0, 0.05) is 25.6 Å². The van der Waals surface area contributed by atoms with Gasteiger partial charge in [0.15, 0.2) is 0 Å². The van der Waals surface area contributed by atoms with E-state index in [1.807, 2.05) is 18.2 Å². The minimum Gasteiger partial charge on any atom is -0.494 e. The van der Waals surface area contributed by atoms with Gasteiger partial charge in [0.25, 0.3) is 0 Å². The Labute approximate surface area is 237 Å². The first-order valence-corrected chi connectivity index (χ1v) is 13.5. The topological polar surface area (TPSA) is 49.8 Å². The molecule has 210 valence electrons. The molecule has 0 heterocycles. The van der Waals surface area contributed by atoms with Crippen LogP contribution in [0.3, 0.4) is 0 Å². The molecule has 1 aliphatic carbocycles. The molecule has 0 bridgehead atoms.